The maximum absolute atomic E-state index is 6.55. The van der Waals surface area contributed by atoms with Gasteiger partial charge in [-0.1, -0.05) is 47.7 Å². The molecule has 0 saturated carbocycles. The van der Waals surface area contributed by atoms with Gasteiger partial charge in [-0.25, -0.2) is 15.0 Å². The van der Waals surface area contributed by atoms with Gasteiger partial charge in [-0.15, -0.1) is 0 Å². The first-order valence-electron chi connectivity index (χ1n) is 11.3. The van der Waals surface area contributed by atoms with Crippen molar-refractivity contribution in [1.82, 2.24) is 19.5 Å². The first-order valence-corrected chi connectivity index (χ1v) is 11.7. The molecule has 0 radical (unpaired) electrons. The zero-order valence-electron chi connectivity index (χ0n) is 19.1. The molecule has 34 heavy (non-hydrogen) atoms. The number of aromatic nitrogens is 4. The van der Waals surface area contributed by atoms with Crippen LogP contribution in [0.1, 0.15) is 59.4 Å². The van der Waals surface area contributed by atoms with Gasteiger partial charge >= 0.3 is 0 Å². The van der Waals surface area contributed by atoms with Crippen molar-refractivity contribution < 1.29 is 4.74 Å². The summed E-state index contributed by atoms with van der Waals surface area (Å²) >= 11 is 6.55. The van der Waals surface area contributed by atoms with E-state index in [1.165, 1.54) is 0 Å². The average molecular weight is 467 g/mol. The monoisotopic (exact) mass is 466 g/mol. The smallest absolute Gasteiger partial charge is 0.208 e. The van der Waals surface area contributed by atoms with Crippen LogP contribution in [0.2, 0.25) is 5.15 Å². The van der Waals surface area contributed by atoms with Crippen molar-refractivity contribution in [1.29, 1.82) is 0 Å². The Bertz CT molecular complexity index is 1490. The summed E-state index contributed by atoms with van der Waals surface area (Å²) in [5.41, 5.74) is 5.21. The second kappa shape index (κ2) is 9.69. The highest BCUT2D eigenvalue weighted by Gasteiger charge is 2.24. The van der Waals surface area contributed by atoms with E-state index in [9.17, 15) is 0 Å². The molecule has 0 amide bonds. The number of ether oxygens (including phenoxy) is 1. The number of hydrogen-bond acceptors (Lipinski definition) is 4. The molecule has 4 aromatic rings. The SMILES string of the molecule is Cc1cccc(C#Cc2nc(Cl)c3nc(C#Cc4cccc(C)c4)n(C4CCCCO4)c3n2)c1. The van der Waals surface area contributed by atoms with E-state index in [1.807, 2.05) is 66.9 Å². The van der Waals surface area contributed by atoms with Gasteiger partial charge in [0.1, 0.15) is 11.7 Å². The summed E-state index contributed by atoms with van der Waals surface area (Å²) < 4.78 is 8.03. The third-order valence-corrected chi connectivity index (χ3v) is 5.88. The van der Waals surface area contributed by atoms with Gasteiger partial charge in [0, 0.05) is 17.7 Å². The molecule has 1 aliphatic heterocycles. The second-order valence-corrected chi connectivity index (χ2v) is 8.73. The van der Waals surface area contributed by atoms with Gasteiger partial charge in [-0.3, -0.25) is 4.57 Å². The number of aryl methyl sites for hydroxylation is 2. The first-order chi connectivity index (χ1) is 16.6. The normalized spacial score (nSPS) is 15.3. The molecule has 1 unspecified atom stereocenters. The van der Waals surface area contributed by atoms with Crippen LogP contribution >= 0.6 is 11.6 Å². The number of benzene rings is 2. The average Bonchev–Trinajstić information content (AvgIpc) is 3.21. The van der Waals surface area contributed by atoms with Crippen LogP contribution in [0.15, 0.2) is 48.5 Å². The van der Waals surface area contributed by atoms with E-state index in [-0.39, 0.29) is 11.4 Å². The fourth-order valence-corrected chi connectivity index (χ4v) is 4.19. The molecule has 5 rings (SSSR count). The summed E-state index contributed by atoms with van der Waals surface area (Å²) in [4.78, 5) is 13.8. The highest BCUT2D eigenvalue weighted by atomic mass is 35.5. The number of halogens is 1. The Hall–Kier alpha value is -3.64. The summed E-state index contributed by atoms with van der Waals surface area (Å²) in [6.45, 7) is 4.77. The molecule has 1 atom stereocenters. The molecular formula is C28H23ClN4O. The molecule has 0 aliphatic carbocycles. The Balaban J connectivity index is 1.62. The summed E-state index contributed by atoms with van der Waals surface area (Å²) in [6, 6.07) is 16.1. The highest BCUT2D eigenvalue weighted by Crippen LogP contribution is 2.30. The molecule has 5 nitrogen and oxygen atoms in total. The number of nitrogens with zero attached hydrogens (tertiary/aromatic N) is 4. The fourth-order valence-electron chi connectivity index (χ4n) is 3.99. The van der Waals surface area contributed by atoms with E-state index in [0.717, 1.165) is 41.5 Å². The van der Waals surface area contributed by atoms with E-state index in [0.29, 0.717) is 29.4 Å². The van der Waals surface area contributed by atoms with Crippen LogP contribution in [0, 0.1) is 37.5 Å². The lowest BCUT2D eigenvalue weighted by molar-refractivity contribution is -0.0302. The Kier molecular flexibility index (Phi) is 6.32. The quantitative estimate of drug-likeness (QED) is 0.271. The second-order valence-electron chi connectivity index (χ2n) is 8.38. The zero-order chi connectivity index (χ0) is 23.5. The van der Waals surface area contributed by atoms with Crippen LogP contribution in [0.3, 0.4) is 0 Å². The van der Waals surface area contributed by atoms with Crippen molar-refractivity contribution in [3.05, 3.63) is 87.6 Å². The van der Waals surface area contributed by atoms with Crippen LogP contribution in [0.5, 0.6) is 0 Å². The van der Waals surface area contributed by atoms with Crippen molar-refractivity contribution in [3.63, 3.8) is 0 Å². The molecule has 1 aliphatic rings. The standard InChI is InChI=1S/C28H23ClN4O/c1-19-7-5-9-21(17-19)12-14-23-30-27(29)26-28(31-23)33(25-11-3-4-16-34-25)24(32-26)15-13-22-10-6-8-20(2)18-22/h5-10,17-18,25H,3-4,11,16H2,1-2H3. The highest BCUT2D eigenvalue weighted by molar-refractivity contribution is 6.33. The van der Waals surface area contributed by atoms with Crippen LogP contribution in [-0.4, -0.2) is 26.1 Å². The maximum Gasteiger partial charge on any atom is 0.208 e. The predicted molar refractivity (Wildman–Crippen MR) is 133 cm³/mol. The number of imidazole rings is 1. The molecule has 168 valence electrons. The van der Waals surface area contributed by atoms with Gasteiger partial charge in [-0.05, 0) is 80.3 Å². The Labute approximate surface area is 204 Å². The van der Waals surface area contributed by atoms with Gasteiger partial charge in [0.05, 0.1) is 0 Å². The minimum atomic E-state index is -0.205. The van der Waals surface area contributed by atoms with E-state index < -0.39 is 0 Å². The minimum Gasteiger partial charge on any atom is -0.358 e. The van der Waals surface area contributed by atoms with Crippen LogP contribution < -0.4 is 0 Å². The summed E-state index contributed by atoms with van der Waals surface area (Å²) in [7, 11) is 0. The molecule has 0 bridgehead atoms. The number of fused-ring (bicyclic) bond motifs is 1. The largest absolute Gasteiger partial charge is 0.358 e. The number of rotatable bonds is 1. The van der Waals surface area contributed by atoms with Gasteiger partial charge in [-0.2, -0.15) is 0 Å². The summed E-state index contributed by atoms with van der Waals surface area (Å²) in [5.74, 6) is 13.5. The van der Waals surface area contributed by atoms with Crippen LogP contribution in [0.4, 0.5) is 0 Å². The number of hydrogen-bond donors (Lipinski definition) is 0. The van der Waals surface area contributed by atoms with Gasteiger partial charge < -0.3 is 4.74 Å². The Morgan fingerprint density at radius 1 is 0.882 bits per heavy atom. The summed E-state index contributed by atoms with van der Waals surface area (Å²) in [5, 5.41) is 0.256. The van der Waals surface area contributed by atoms with Gasteiger partial charge in [0.2, 0.25) is 5.82 Å². The zero-order valence-corrected chi connectivity index (χ0v) is 19.9. The Morgan fingerprint density at radius 2 is 1.59 bits per heavy atom. The van der Waals surface area contributed by atoms with Gasteiger partial charge in [0.15, 0.2) is 16.6 Å². The minimum absolute atomic E-state index is 0.205. The lowest BCUT2D eigenvalue weighted by Crippen LogP contribution is -2.20. The first kappa shape index (κ1) is 22.2. The molecule has 2 aromatic carbocycles. The van der Waals surface area contributed by atoms with Crippen LogP contribution in [-0.2, 0) is 4.74 Å². The van der Waals surface area contributed by atoms with Crippen molar-refractivity contribution >= 4 is 22.8 Å². The van der Waals surface area contributed by atoms with Crippen molar-refractivity contribution in [2.24, 2.45) is 0 Å². The van der Waals surface area contributed by atoms with Crippen LogP contribution in [0.25, 0.3) is 11.2 Å². The lowest BCUT2D eigenvalue weighted by atomic mass is 10.1. The molecule has 2 aromatic heterocycles. The van der Waals surface area contributed by atoms with E-state index in [1.54, 1.807) is 0 Å². The summed E-state index contributed by atoms with van der Waals surface area (Å²) in [6.07, 6.45) is 2.75. The predicted octanol–water partition coefficient (Wildman–Crippen LogP) is 5.60. The van der Waals surface area contributed by atoms with Crippen molar-refractivity contribution in [2.45, 2.75) is 39.3 Å². The maximum atomic E-state index is 6.55. The molecule has 3 heterocycles. The van der Waals surface area contributed by atoms with Crippen molar-refractivity contribution in [2.75, 3.05) is 6.61 Å². The lowest BCUT2D eigenvalue weighted by Gasteiger charge is -2.24. The molecule has 1 saturated heterocycles. The molecule has 6 heteroatoms. The Morgan fingerprint density at radius 3 is 2.24 bits per heavy atom. The van der Waals surface area contributed by atoms with E-state index in [2.05, 4.69) is 28.7 Å². The van der Waals surface area contributed by atoms with Crippen molar-refractivity contribution in [3.8, 4) is 23.7 Å². The molecule has 0 N–H and O–H groups in total. The fraction of sp³-hybridized carbons (Fsp3) is 0.250. The third-order valence-electron chi connectivity index (χ3n) is 5.61. The molecular weight excluding hydrogens is 444 g/mol. The van der Waals surface area contributed by atoms with E-state index in [4.69, 9.17) is 26.3 Å². The van der Waals surface area contributed by atoms with E-state index >= 15 is 0 Å². The topological polar surface area (TPSA) is 52.8 Å². The third kappa shape index (κ3) is 4.82. The molecule has 0 spiro atoms. The van der Waals surface area contributed by atoms with Gasteiger partial charge in [0.25, 0.3) is 0 Å². The molecule has 1 fully saturated rings.